The van der Waals surface area contributed by atoms with Crippen LogP contribution in [0.15, 0.2) is 24.3 Å². The molecule has 1 fully saturated rings. The van der Waals surface area contributed by atoms with Crippen molar-refractivity contribution in [3.63, 3.8) is 0 Å². The van der Waals surface area contributed by atoms with Crippen LogP contribution in [0.5, 0.6) is 0 Å². The number of hydrogen-bond donors (Lipinski definition) is 1. The van der Waals surface area contributed by atoms with Crippen LogP contribution in [0.3, 0.4) is 0 Å². The third kappa shape index (κ3) is 4.55. The standard InChI is InChI=1S/C20H28N4O3S/c1-5-23(18-7-6-14(2)10-15(18)3)12-20(25)21-19-11-16(4)22-24(19)17-8-9-28(26,27)13-17/h6-7,10-11,17H,5,8-9,12-13H2,1-4H3,(H,21,25). The monoisotopic (exact) mass is 404 g/mol. The molecule has 28 heavy (non-hydrogen) atoms. The summed E-state index contributed by atoms with van der Waals surface area (Å²) >= 11 is 0. The lowest BCUT2D eigenvalue weighted by Crippen LogP contribution is -2.34. The molecule has 0 bridgehead atoms. The van der Waals surface area contributed by atoms with Crippen LogP contribution in [0.25, 0.3) is 0 Å². The molecule has 1 N–H and O–H groups in total. The molecule has 2 aromatic rings. The molecule has 152 valence electrons. The molecule has 1 aromatic heterocycles. The van der Waals surface area contributed by atoms with Gasteiger partial charge in [-0.05, 0) is 45.7 Å². The zero-order chi connectivity index (χ0) is 20.5. The summed E-state index contributed by atoms with van der Waals surface area (Å²) in [7, 11) is -3.03. The van der Waals surface area contributed by atoms with Gasteiger partial charge in [0, 0.05) is 18.3 Å². The highest BCUT2D eigenvalue weighted by Gasteiger charge is 2.31. The lowest BCUT2D eigenvalue weighted by atomic mass is 10.1. The first kappa shape index (κ1) is 20.4. The molecule has 0 radical (unpaired) electrons. The second-order valence-electron chi connectivity index (χ2n) is 7.52. The maximum absolute atomic E-state index is 12.7. The fourth-order valence-electron chi connectivity index (χ4n) is 3.74. The van der Waals surface area contributed by atoms with Gasteiger partial charge in [0.05, 0.1) is 29.8 Å². The van der Waals surface area contributed by atoms with Crippen LogP contribution in [0, 0.1) is 20.8 Å². The van der Waals surface area contributed by atoms with Gasteiger partial charge in [-0.15, -0.1) is 0 Å². The lowest BCUT2D eigenvalue weighted by molar-refractivity contribution is -0.115. The number of amides is 1. The minimum Gasteiger partial charge on any atom is -0.362 e. The van der Waals surface area contributed by atoms with Crippen molar-refractivity contribution in [1.29, 1.82) is 0 Å². The summed E-state index contributed by atoms with van der Waals surface area (Å²) in [5.41, 5.74) is 4.11. The minimum atomic E-state index is -3.03. The fourth-order valence-corrected chi connectivity index (χ4v) is 5.43. The molecule has 1 aliphatic rings. The number of benzene rings is 1. The van der Waals surface area contributed by atoms with E-state index >= 15 is 0 Å². The molecule has 3 rings (SSSR count). The predicted molar refractivity (Wildman–Crippen MR) is 112 cm³/mol. The summed E-state index contributed by atoms with van der Waals surface area (Å²) in [6.45, 7) is 8.87. The number of carbonyl (C=O) groups excluding carboxylic acids is 1. The molecule has 1 unspecified atom stereocenters. The number of likely N-dealkylation sites (N-methyl/N-ethyl adjacent to an activating group) is 1. The number of nitrogens with one attached hydrogen (secondary N) is 1. The van der Waals surface area contributed by atoms with E-state index in [1.165, 1.54) is 5.56 Å². The van der Waals surface area contributed by atoms with Gasteiger partial charge in [-0.1, -0.05) is 17.7 Å². The summed E-state index contributed by atoms with van der Waals surface area (Å²) in [5.74, 6) is 0.645. The maximum Gasteiger partial charge on any atom is 0.245 e. The maximum atomic E-state index is 12.7. The highest BCUT2D eigenvalue weighted by molar-refractivity contribution is 7.91. The second-order valence-corrected chi connectivity index (χ2v) is 9.75. The van der Waals surface area contributed by atoms with Crippen LogP contribution in [0.2, 0.25) is 0 Å². The average molecular weight is 405 g/mol. The Labute approximate surface area is 166 Å². The Bertz CT molecular complexity index is 981. The van der Waals surface area contributed by atoms with Gasteiger partial charge in [0.2, 0.25) is 5.91 Å². The summed E-state index contributed by atoms with van der Waals surface area (Å²) in [6.07, 6.45) is 0.524. The quantitative estimate of drug-likeness (QED) is 0.800. The molecular formula is C20H28N4O3S. The molecule has 1 amide bonds. The highest BCUT2D eigenvalue weighted by Crippen LogP contribution is 2.27. The Morgan fingerprint density at radius 2 is 2.04 bits per heavy atom. The van der Waals surface area contributed by atoms with Crippen LogP contribution in [0.1, 0.15) is 36.2 Å². The Balaban J connectivity index is 1.74. The molecule has 7 nitrogen and oxygen atoms in total. The Kier molecular flexibility index (Phi) is 5.79. The third-order valence-electron chi connectivity index (χ3n) is 5.09. The van der Waals surface area contributed by atoms with Crippen LogP contribution >= 0.6 is 0 Å². The minimum absolute atomic E-state index is 0.0701. The van der Waals surface area contributed by atoms with E-state index in [4.69, 9.17) is 0 Å². The first-order valence-electron chi connectivity index (χ1n) is 9.57. The topological polar surface area (TPSA) is 84.3 Å². The first-order chi connectivity index (χ1) is 13.2. The summed E-state index contributed by atoms with van der Waals surface area (Å²) in [6, 6.07) is 7.75. The Morgan fingerprint density at radius 3 is 2.64 bits per heavy atom. The Hall–Kier alpha value is -2.35. The molecule has 0 saturated carbocycles. The summed E-state index contributed by atoms with van der Waals surface area (Å²) in [4.78, 5) is 14.8. The molecule has 1 saturated heterocycles. The van der Waals surface area contributed by atoms with E-state index in [0.717, 1.165) is 16.9 Å². The first-order valence-corrected chi connectivity index (χ1v) is 11.4. The highest BCUT2D eigenvalue weighted by atomic mass is 32.2. The number of aromatic nitrogens is 2. The molecule has 1 aliphatic heterocycles. The van der Waals surface area contributed by atoms with Gasteiger partial charge in [-0.3, -0.25) is 4.79 Å². The van der Waals surface area contributed by atoms with E-state index in [0.29, 0.717) is 18.8 Å². The van der Waals surface area contributed by atoms with E-state index in [1.54, 1.807) is 10.7 Å². The molecule has 1 atom stereocenters. The zero-order valence-corrected chi connectivity index (χ0v) is 17.7. The smallest absolute Gasteiger partial charge is 0.245 e. The predicted octanol–water partition coefficient (Wildman–Crippen LogP) is 2.63. The van der Waals surface area contributed by atoms with Crippen LogP contribution in [-0.2, 0) is 14.6 Å². The van der Waals surface area contributed by atoms with Crippen molar-refractivity contribution in [3.8, 4) is 0 Å². The number of carbonyl (C=O) groups is 1. The van der Waals surface area contributed by atoms with Gasteiger partial charge in [0.1, 0.15) is 5.82 Å². The number of rotatable bonds is 6. The molecule has 2 heterocycles. The van der Waals surface area contributed by atoms with Crippen LogP contribution in [-0.4, -0.2) is 48.7 Å². The molecule has 8 heteroatoms. The zero-order valence-electron chi connectivity index (χ0n) is 16.9. The van der Waals surface area contributed by atoms with Gasteiger partial charge in [-0.2, -0.15) is 5.10 Å². The van der Waals surface area contributed by atoms with Gasteiger partial charge < -0.3 is 10.2 Å². The third-order valence-corrected chi connectivity index (χ3v) is 6.84. The lowest BCUT2D eigenvalue weighted by Gasteiger charge is -2.25. The van der Waals surface area contributed by atoms with Crippen molar-refractivity contribution in [1.82, 2.24) is 9.78 Å². The van der Waals surface area contributed by atoms with E-state index in [1.807, 2.05) is 44.7 Å². The number of nitrogens with zero attached hydrogens (tertiary/aromatic N) is 3. The van der Waals surface area contributed by atoms with Crippen molar-refractivity contribution in [2.24, 2.45) is 0 Å². The summed E-state index contributed by atoms with van der Waals surface area (Å²) in [5, 5.41) is 7.34. The van der Waals surface area contributed by atoms with Crippen LogP contribution < -0.4 is 10.2 Å². The molecular weight excluding hydrogens is 376 g/mol. The number of hydrogen-bond acceptors (Lipinski definition) is 5. The van der Waals surface area contributed by atoms with Crippen LogP contribution in [0.4, 0.5) is 11.5 Å². The van der Waals surface area contributed by atoms with Crippen molar-refractivity contribution in [2.45, 2.75) is 40.2 Å². The number of aryl methyl sites for hydroxylation is 3. The van der Waals surface area contributed by atoms with Gasteiger partial charge in [-0.25, -0.2) is 13.1 Å². The fraction of sp³-hybridized carbons (Fsp3) is 0.500. The normalized spacial score (nSPS) is 18.2. The number of sulfone groups is 1. The van der Waals surface area contributed by atoms with Crippen molar-refractivity contribution in [2.75, 3.05) is 34.8 Å². The molecule has 1 aromatic carbocycles. The van der Waals surface area contributed by atoms with Gasteiger partial charge in [0.15, 0.2) is 9.84 Å². The number of anilines is 2. The average Bonchev–Trinajstić information content (AvgIpc) is 3.14. The van der Waals surface area contributed by atoms with E-state index in [9.17, 15) is 13.2 Å². The van der Waals surface area contributed by atoms with Gasteiger partial charge in [0.25, 0.3) is 0 Å². The van der Waals surface area contributed by atoms with E-state index in [2.05, 4.69) is 16.5 Å². The van der Waals surface area contributed by atoms with Gasteiger partial charge >= 0.3 is 0 Å². The molecule has 0 spiro atoms. The largest absolute Gasteiger partial charge is 0.362 e. The second kappa shape index (κ2) is 7.95. The SMILES string of the molecule is CCN(CC(=O)Nc1cc(C)nn1C1CCS(=O)(=O)C1)c1ccc(C)cc1C. The van der Waals surface area contributed by atoms with Crippen molar-refractivity contribution < 1.29 is 13.2 Å². The Morgan fingerprint density at radius 1 is 1.29 bits per heavy atom. The van der Waals surface area contributed by atoms with E-state index < -0.39 is 9.84 Å². The molecule has 0 aliphatic carbocycles. The summed E-state index contributed by atoms with van der Waals surface area (Å²) < 4.78 is 25.3. The van der Waals surface area contributed by atoms with E-state index in [-0.39, 0.29) is 30.0 Å². The van der Waals surface area contributed by atoms with Crippen molar-refractivity contribution >= 4 is 27.2 Å². The van der Waals surface area contributed by atoms with Crippen molar-refractivity contribution in [3.05, 3.63) is 41.1 Å².